The van der Waals surface area contributed by atoms with E-state index < -0.39 is 0 Å². The number of hydrogen-bond donors (Lipinski definition) is 2. The molecular weight excluding hydrogens is 338 g/mol. The average Bonchev–Trinajstić information content (AvgIpc) is 3.07. The topological polar surface area (TPSA) is 84.2 Å². The fraction of sp³-hybridized carbons (Fsp3) is 0.167. The van der Waals surface area contributed by atoms with E-state index in [0.717, 1.165) is 11.1 Å². The van der Waals surface area contributed by atoms with Crippen LogP contribution in [0.3, 0.4) is 0 Å². The molecule has 0 aliphatic rings. The zero-order valence-electron chi connectivity index (χ0n) is 13.4. The van der Waals surface area contributed by atoms with Crippen molar-refractivity contribution in [3.05, 3.63) is 60.2 Å². The van der Waals surface area contributed by atoms with Crippen molar-refractivity contribution in [2.45, 2.75) is 18.1 Å². The Morgan fingerprint density at radius 2 is 1.68 bits per heavy atom. The number of aryl methyl sites for hydroxylation is 1. The molecule has 7 heteroatoms. The summed E-state index contributed by atoms with van der Waals surface area (Å²) in [4.78, 5) is 27.8. The summed E-state index contributed by atoms with van der Waals surface area (Å²) < 4.78 is 5.52. The number of hydrazine groups is 1. The molecule has 1 aromatic heterocycles. The summed E-state index contributed by atoms with van der Waals surface area (Å²) in [6, 6.07) is 17.1. The van der Waals surface area contributed by atoms with Crippen molar-refractivity contribution in [1.29, 1.82) is 0 Å². The van der Waals surface area contributed by atoms with E-state index in [2.05, 4.69) is 15.8 Å². The third-order valence-electron chi connectivity index (χ3n) is 3.43. The summed E-state index contributed by atoms with van der Waals surface area (Å²) in [6.07, 6.45) is 0.933. The number of oxazole rings is 1. The molecule has 0 fully saturated rings. The van der Waals surface area contributed by atoms with Gasteiger partial charge in [-0.1, -0.05) is 54.2 Å². The van der Waals surface area contributed by atoms with Gasteiger partial charge in [-0.25, -0.2) is 4.98 Å². The first-order valence-electron chi connectivity index (χ1n) is 7.81. The van der Waals surface area contributed by atoms with Crippen molar-refractivity contribution in [2.24, 2.45) is 0 Å². The Hall–Kier alpha value is -2.80. The number of carbonyl (C=O) groups is 2. The number of nitrogens with one attached hydrogen (secondary N) is 2. The van der Waals surface area contributed by atoms with Gasteiger partial charge in [0, 0.05) is 6.42 Å². The molecule has 6 nitrogen and oxygen atoms in total. The second-order valence-electron chi connectivity index (χ2n) is 5.32. The lowest BCUT2D eigenvalue weighted by atomic mass is 10.1. The number of thioether (sulfide) groups is 1. The van der Waals surface area contributed by atoms with E-state index in [-0.39, 0.29) is 17.6 Å². The summed E-state index contributed by atoms with van der Waals surface area (Å²) in [5.74, 6) is -0.449. The van der Waals surface area contributed by atoms with Crippen LogP contribution in [0.4, 0.5) is 0 Å². The van der Waals surface area contributed by atoms with E-state index in [4.69, 9.17) is 4.42 Å². The first kappa shape index (κ1) is 17.0. The molecule has 0 unspecified atom stereocenters. The molecule has 0 saturated heterocycles. The molecule has 2 N–H and O–H groups in total. The summed E-state index contributed by atoms with van der Waals surface area (Å²) in [7, 11) is 0. The van der Waals surface area contributed by atoms with Crippen LogP contribution in [0, 0.1) is 0 Å². The Morgan fingerprint density at radius 1 is 0.960 bits per heavy atom. The zero-order chi connectivity index (χ0) is 17.5. The van der Waals surface area contributed by atoms with Crippen LogP contribution in [0.15, 0.2) is 64.2 Å². The average molecular weight is 355 g/mol. The molecule has 1 heterocycles. The minimum absolute atomic E-state index is 0.103. The van der Waals surface area contributed by atoms with Crippen LogP contribution < -0.4 is 10.9 Å². The van der Waals surface area contributed by atoms with Gasteiger partial charge in [0.1, 0.15) is 5.52 Å². The molecule has 128 valence electrons. The summed E-state index contributed by atoms with van der Waals surface area (Å²) in [5, 5.41) is 0.423. The number of amides is 2. The van der Waals surface area contributed by atoms with Crippen LogP contribution >= 0.6 is 11.8 Å². The van der Waals surface area contributed by atoms with E-state index in [1.54, 1.807) is 0 Å². The maximum absolute atomic E-state index is 11.8. The van der Waals surface area contributed by atoms with Crippen molar-refractivity contribution in [1.82, 2.24) is 15.8 Å². The maximum atomic E-state index is 11.8. The van der Waals surface area contributed by atoms with Crippen LogP contribution in [0.1, 0.15) is 12.0 Å². The van der Waals surface area contributed by atoms with Crippen LogP contribution in [-0.2, 0) is 16.0 Å². The molecule has 3 aromatic rings. The van der Waals surface area contributed by atoms with Crippen LogP contribution in [0.25, 0.3) is 11.1 Å². The number of hydrogen-bond acceptors (Lipinski definition) is 5. The summed E-state index contributed by atoms with van der Waals surface area (Å²) in [6.45, 7) is 0. The Morgan fingerprint density at radius 3 is 2.48 bits per heavy atom. The highest BCUT2D eigenvalue weighted by atomic mass is 32.2. The van der Waals surface area contributed by atoms with Gasteiger partial charge in [0.2, 0.25) is 11.8 Å². The molecule has 0 aliphatic heterocycles. The number of aromatic nitrogens is 1. The molecule has 0 spiro atoms. The number of benzene rings is 2. The molecule has 2 aromatic carbocycles. The summed E-state index contributed by atoms with van der Waals surface area (Å²) >= 11 is 1.18. The third-order valence-corrected chi connectivity index (χ3v) is 4.25. The number of fused-ring (bicyclic) bond motifs is 1. The van der Waals surface area contributed by atoms with Crippen molar-refractivity contribution >= 4 is 34.7 Å². The van der Waals surface area contributed by atoms with Crippen LogP contribution in [0.2, 0.25) is 0 Å². The van der Waals surface area contributed by atoms with Crippen molar-refractivity contribution in [3.8, 4) is 0 Å². The first-order valence-corrected chi connectivity index (χ1v) is 8.79. The molecule has 0 aliphatic carbocycles. The van der Waals surface area contributed by atoms with Gasteiger partial charge >= 0.3 is 0 Å². The SMILES string of the molecule is O=C(CCc1ccccc1)NNC(=O)CSc1nc2ccccc2o1. The number of para-hydroxylation sites is 2. The predicted octanol–water partition coefficient (Wildman–Crippen LogP) is 2.70. The number of nitrogens with zero attached hydrogens (tertiary/aromatic N) is 1. The van der Waals surface area contributed by atoms with Crippen molar-refractivity contribution in [3.63, 3.8) is 0 Å². The van der Waals surface area contributed by atoms with Gasteiger partial charge in [-0.3, -0.25) is 20.4 Å². The predicted molar refractivity (Wildman–Crippen MR) is 95.8 cm³/mol. The second kappa shape index (κ2) is 8.34. The van der Waals surface area contributed by atoms with Gasteiger partial charge in [-0.2, -0.15) is 0 Å². The highest BCUT2D eigenvalue weighted by molar-refractivity contribution is 7.99. The number of rotatable bonds is 6. The fourth-order valence-corrected chi connectivity index (χ4v) is 2.82. The lowest BCUT2D eigenvalue weighted by Crippen LogP contribution is -2.42. The Labute approximate surface area is 149 Å². The van der Waals surface area contributed by atoms with Gasteiger partial charge in [-0.15, -0.1) is 0 Å². The highest BCUT2D eigenvalue weighted by Gasteiger charge is 2.10. The van der Waals surface area contributed by atoms with E-state index in [9.17, 15) is 9.59 Å². The molecular formula is C18H17N3O3S. The molecule has 0 saturated carbocycles. The van der Waals surface area contributed by atoms with Gasteiger partial charge in [0.05, 0.1) is 5.75 Å². The molecule has 25 heavy (non-hydrogen) atoms. The Bertz CT molecular complexity index is 831. The molecule has 0 bridgehead atoms. The lowest BCUT2D eigenvalue weighted by Gasteiger charge is -2.06. The maximum Gasteiger partial charge on any atom is 0.257 e. The Kier molecular flexibility index (Phi) is 5.69. The van der Waals surface area contributed by atoms with Gasteiger partial charge in [0.15, 0.2) is 5.58 Å². The van der Waals surface area contributed by atoms with E-state index >= 15 is 0 Å². The fourth-order valence-electron chi connectivity index (χ4n) is 2.18. The van der Waals surface area contributed by atoms with Crippen molar-refractivity contribution < 1.29 is 14.0 Å². The molecule has 3 rings (SSSR count). The smallest absolute Gasteiger partial charge is 0.257 e. The van der Waals surface area contributed by atoms with Crippen LogP contribution in [-0.4, -0.2) is 22.6 Å². The second-order valence-corrected chi connectivity index (χ2v) is 6.24. The zero-order valence-corrected chi connectivity index (χ0v) is 14.2. The lowest BCUT2D eigenvalue weighted by molar-refractivity contribution is -0.127. The van der Waals surface area contributed by atoms with Crippen LogP contribution in [0.5, 0.6) is 0 Å². The van der Waals surface area contributed by atoms with Gasteiger partial charge in [-0.05, 0) is 24.1 Å². The van der Waals surface area contributed by atoms with E-state index in [0.29, 0.717) is 23.6 Å². The largest absolute Gasteiger partial charge is 0.431 e. The normalized spacial score (nSPS) is 10.6. The monoisotopic (exact) mass is 355 g/mol. The van der Waals surface area contributed by atoms with Crippen molar-refractivity contribution in [2.75, 3.05) is 5.75 Å². The first-order chi connectivity index (χ1) is 12.2. The molecule has 0 radical (unpaired) electrons. The Balaban J connectivity index is 1.38. The number of carbonyl (C=O) groups excluding carboxylic acids is 2. The van der Waals surface area contributed by atoms with Gasteiger partial charge in [0.25, 0.3) is 5.22 Å². The van der Waals surface area contributed by atoms with Gasteiger partial charge < -0.3 is 4.42 Å². The molecule has 2 amide bonds. The minimum atomic E-state index is -0.319. The standard InChI is InChI=1S/C18H17N3O3S/c22-16(11-10-13-6-2-1-3-7-13)20-21-17(23)12-25-18-19-14-8-4-5-9-15(14)24-18/h1-9H,10-12H2,(H,20,22)(H,21,23). The highest BCUT2D eigenvalue weighted by Crippen LogP contribution is 2.22. The summed E-state index contributed by atoms with van der Waals surface area (Å²) in [5.41, 5.74) is 7.32. The van der Waals surface area contributed by atoms with E-state index in [1.807, 2.05) is 54.6 Å². The van der Waals surface area contributed by atoms with E-state index in [1.165, 1.54) is 11.8 Å². The minimum Gasteiger partial charge on any atom is -0.431 e. The quantitative estimate of drug-likeness (QED) is 0.525. The molecule has 0 atom stereocenters. The third kappa shape index (κ3) is 5.09.